The van der Waals surface area contributed by atoms with Crippen molar-refractivity contribution in [2.75, 3.05) is 20.1 Å². The second kappa shape index (κ2) is 4.77. The summed E-state index contributed by atoms with van der Waals surface area (Å²) < 4.78 is 0. The van der Waals surface area contributed by atoms with Gasteiger partial charge in [0.25, 0.3) is 5.91 Å². The molecule has 2 rings (SSSR count). The summed E-state index contributed by atoms with van der Waals surface area (Å²) >= 11 is 1.51. The van der Waals surface area contributed by atoms with Gasteiger partial charge >= 0.3 is 0 Å². The van der Waals surface area contributed by atoms with Gasteiger partial charge in [-0.25, -0.2) is 0 Å². The molecule has 0 aliphatic carbocycles. The van der Waals surface area contributed by atoms with Crippen molar-refractivity contribution in [3.8, 4) is 0 Å². The zero-order valence-electron chi connectivity index (χ0n) is 8.90. The maximum absolute atomic E-state index is 12.0. The molecule has 1 fully saturated rings. The van der Waals surface area contributed by atoms with Crippen molar-refractivity contribution in [3.63, 3.8) is 0 Å². The Labute approximate surface area is 94.1 Å². The number of piperidine rings is 1. The smallest absolute Gasteiger partial charge is 0.263 e. The van der Waals surface area contributed by atoms with E-state index in [1.165, 1.54) is 11.3 Å². The Kier molecular flexibility index (Phi) is 3.38. The Bertz CT molecular complexity index is 317. The topological polar surface area (TPSA) is 32.3 Å². The molecular weight excluding hydrogens is 208 g/mol. The summed E-state index contributed by atoms with van der Waals surface area (Å²) in [6, 6.07) is 4.17. The Balaban J connectivity index is 2.00. The first-order valence-electron chi connectivity index (χ1n) is 5.30. The van der Waals surface area contributed by atoms with E-state index in [2.05, 4.69) is 5.32 Å². The molecule has 0 unspecified atom stereocenters. The highest BCUT2D eigenvalue weighted by molar-refractivity contribution is 7.12. The highest BCUT2D eigenvalue weighted by atomic mass is 32.1. The molecule has 82 valence electrons. The molecule has 1 amide bonds. The van der Waals surface area contributed by atoms with E-state index >= 15 is 0 Å². The van der Waals surface area contributed by atoms with Crippen LogP contribution in [0.3, 0.4) is 0 Å². The van der Waals surface area contributed by atoms with E-state index in [4.69, 9.17) is 0 Å². The van der Waals surface area contributed by atoms with Crippen molar-refractivity contribution in [2.45, 2.75) is 18.9 Å². The van der Waals surface area contributed by atoms with Crippen LogP contribution in [0.5, 0.6) is 0 Å². The maximum Gasteiger partial charge on any atom is 0.263 e. The van der Waals surface area contributed by atoms with Gasteiger partial charge in [-0.2, -0.15) is 0 Å². The third-order valence-corrected chi connectivity index (χ3v) is 3.73. The molecule has 4 heteroatoms. The van der Waals surface area contributed by atoms with Gasteiger partial charge in [0.2, 0.25) is 0 Å². The van der Waals surface area contributed by atoms with Crippen LogP contribution in [0.25, 0.3) is 0 Å². The van der Waals surface area contributed by atoms with E-state index in [-0.39, 0.29) is 5.91 Å². The number of hydrogen-bond donors (Lipinski definition) is 1. The molecule has 0 saturated carbocycles. The van der Waals surface area contributed by atoms with E-state index in [1.807, 2.05) is 29.5 Å². The highest BCUT2D eigenvalue weighted by Gasteiger charge is 2.22. The fourth-order valence-electron chi connectivity index (χ4n) is 1.90. The van der Waals surface area contributed by atoms with Crippen LogP contribution in [0, 0.1) is 0 Å². The predicted octanol–water partition coefficient (Wildman–Crippen LogP) is 1.57. The summed E-state index contributed by atoms with van der Waals surface area (Å²) in [5.41, 5.74) is 0. The van der Waals surface area contributed by atoms with Crippen molar-refractivity contribution in [1.82, 2.24) is 10.2 Å². The lowest BCUT2D eigenvalue weighted by atomic mass is 10.1. The number of nitrogens with zero attached hydrogens (tertiary/aromatic N) is 1. The molecule has 1 N–H and O–H groups in total. The summed E-state index contributed by atoms with van der Waals surface area (Å²) in [4.78, 5) is 14.7. The standard InChI is InChI=1S/C11H16N2OS/c1-13(9-4-2-6-12-8-9)11(14)10-5-3-7-15-10/h3,5,7,9,12H,2,4,6,8H2,1H3/t9-/m0/s1. The molecular formula is C11H16N2OS. The molecule has 0 spiro atoms. The van der Waals surface area contributed by atoms with Gasteiger partial charge in [-0.3, -0.25) is 4.79 Å². The first kappa shape index (κ1) is 10.6. The van der Waals surface area contributed by atoms with Gasteiger partial charge in [0.1, 0.15) is 0 Å². The molecule has 0 radical (unpaired) electrons. The third-order valence-electron chi connectivity index (χ3n) is 2.87. The van der Waals surface area contributed by atoms with Gasteiger partial charge in [-0.1, -0.05) is 6.07 Å². The molecule has 1 aromatic rings. The van der Waals surface area contributed by atoms with Gasteiger partial charge in [-0.05, 0) is 30.8 Å². The summed E-state index contributed by atoms with van der Waals surface area (Å²) in [7, 11) is 1.90. The minimum absolute atomic E-state index is 0.152. The number of amides is 1. The zero-order chi connectivity index (χ0) is 10.7. The van der Waals surface area contributed by atoms with Crippen LogP contribution >= 0.6 is 11.3 Å². The van der Waals surface area contributed by atoms with Crippen LogP contribution in [0.1, 0.15) is 22.5 Å². The molecule has 1 aliphatic heterocycles. The number of thiophene rings is 1. The van der Waals surface area contributed by atoms with Gasteiger partial charge in [-0.15, -0.1) is 11.3 Å². The number of hydrogen-bond acceptors (Lipinski definition) is 3. The average Bonchev–Trinajstić information content (AvgIpc) is 2.82. The van der Waals surface area contributed by atoms with Crippen molar-refractivity contribution in [3.05, 3.63) is 22.4 Å². The van der Waals surface area contributed by atoms with E-state index in [0.717, 1.165) is 30.8 Å². The normalized spacial score (nSPS) is 21.3. The number of rotatable bonds is 2. The monoisotopic (exact) mass is 224 g/mol. The lowest BCUT2D eigenvalue weighted by Crippen LogP contribution is -2.46. The SMILES string of the molecule is CN(C(=O)c1cccs1)[C@H]1CCCNC1. The van der Waals surface area contributed by atoms with Crippen LogP contribution in [0.4, 0.5) is 0 Å². The van der Waals surface area contributed by atoms with E-state index in [1.54, 1.807) is 0 Å². The van der Waals surface area contributed by atoms with E-state index in [0.29, 0.717) is 6.04 Å². The summed E-state index contributed by atoms with van der Waals surface area (Å²) in [6.07, 6.45) is 2.27. The van der Waals surface area contributed by atoms with Crippen molar-refractivity contribution >= 4 is 17.2 Å². The summed E-state index contributed by atoms with van der Waals surface area (Å²) in [5.74, 6) is 0.152. The minimum atomic E-state index is 0.152. The van der Waals surface area contributed by atoms with Crippen LogP contribution in [0.2, 0.25) is 0 Å². The summed E-state index contributed by atoms with van der Waals surface area (Å²) in [5, 5.41) is 5.27. The van der Waals surface area contributed by atoms with E-state index < -0.39 is 0 Å². The lowest BCUT2D eigenvalue weighted by molar-refractivity contribution is 0.0713. The molecule has 1 aliphatic rings. The number of nitrogens with one attached hydrogen (secondary N) is 1. The minimum Gasteiger partial charge on any atom is -0.337 e. The highest BCUT2D eigenvalue weighted by Crippen LogP contribution is 2.15. The number of carbonyl (C=O) groups excluding carboxylic acids is 1. The first-order valence-corrected chi connectivity index (χ1v) is 6.18. The van der Waals surface area contributed by atoms with Gasteiger partial charge in [0.15, 0.2) is 0 Å². The molecule has 3 nitrogen and oxygen atoms in total. The second-order valence-electron chi connectivity index (χ2n) is 3.89. The quantitative estimate of drug-likeness (QED) is 0.827. The molecule has 15 heavy (non-hydrogen) atoms. The predicted molar refractivity (Wildman–Crippen MR) is 62.3 cm³/mol. The van der Waals surface area contributed by atoms with E-state index in [9.17, 15) is 4.79 Å². The lowest BCUT2D eigenvalue weighted by Gasteiger charge is -2.31. The average molecular weight is 224 g/mol. The van der Waals surface area contributed by atoms with Crippen molar-refractivity contribution < 1.29 is 4.79 Å². The Morgan fingerprint density at radius 2 is 2.53 bits per heavy atom. The molecule has 0 bridgehead atoms. The van der Waals surface area contributed by atoms with Gasteiger partial charge in [0.05, 0.1) is 4.88 Å². The fourth-order valence-corrected chi connectivity index (χ4v) is 2.61. The van der Waals surface area contributed by atoms with Crippen molar-refractivity contribution in [1.29, 1.82) is 0 Å². The Morgan fingerprint density at radius 3 is 3.13 bits per heavy atom. The molecule has 1 aromatic heterocycles. The fraction of sp³-hybridized carbons (Fsp3) is 0.545. The molecule has 0 aromatic carbocycles. The first-order chi connectivity index (χ1) is 7.29. The Hall–Kier alpha value is -0.870. The third kappa shape index (κ3) is 2.38. The molecule has 2 heterocycles. The van der Waals surface area contributed by atoms with Crippen molar-refractivity contribution in [2.24, 2.45) is 0 Å². The van der Waals surface area contributed by atoms with Crippen LogP contribution in [-0.4, -0.2) is 37.0 Å². The van der Waals surface area contributed by atoms with Gasteiger partial charge in [0, 0.05) is 19.6 Å². The number of carbonyl (C=O) groups is 1. The summed E-state index contributed by atoms with van der Waals surface area (Å²) in [6.45, 7) is 2.01. The maximum atomic E-state index is 12.0. The second-order valence-corrected chi connectivity index (χ2v) is 4.84. The molecule has 1 atom stereocenters. The van der Waals surface area contributed by atoms with Gasteiger partial charge < -0.3 is 10.2 Å². The van der Waals surface area contributed by atoms with Crippen LogP contribution in [0.15, 0.2) is 17.5 Å². The molecule has 1 saturated heterocycles. The number of likely N-dealkylation sites (N-methyl/N-ethyl adjacent to an activating group) is 1. The Morgan fingerprint density at radius 1 is 1.67 bits per heavy atom. The van der Waals surface area contributed by atoms with Crippen LogP contribution < -0.4 is 5.32 Å². The zero-order valence-corrected chi connectivity index (χ0v) is 9.72. The van der Waals surface area contributed by atoms with Crippen LogP contribution in [-0.2, 0) is 0 Å². The largest absolute Gasteiger partial charge is 0.337 e.